The molecule has 3 heterocycles. The Balaban J connectivity index is 1.79. The van der Waals surface area contributed by atoms with Crippen LogP contribution in [0, 0.1) is 0 Å². The minimum absolute atomic E-state index is 0.0216. The van der Waals surface area contributed by atoms with Crippen LogP contribution in [0.4, 0.5) is 0 Å². The molecule has 1 aromatic carbocycles. The summed E-state index contributed by atoms with van der Waals surface area (Å²) in [5.74, 6) is -1.04. The van der Waals surface area contributed by atoms with Gasteiger partial charge in [-0.15, -0.1) is 0 Å². The molecule has 0 radical (unpaired) electrons. The van der Waals surface area contributed by atoms with Crippen molar-refractivity contribution in [1.82, 2.24) is 29.5 Å². The van der Waals surface area contributed by atoms with Gasteiger partial charge >= 0.3 is 5.97 Å². The summed E-state index contributed by atoms with van der Waals surface area (Å²) >= 11 is 12.1. The number of benzene rings is 1. The molecule has 0 spiro atoms. The number of nitrogens with zero attached hydrogens (tertiary/aromatic N) is 5. The molecule has 4 rings (SSSR count). The van der Waals surface area contributed by atoms with Gasteiger partial charge in [0.1, 0.15) is 5.52 Å². The van der Waals surface area contributed by atoms with Crippen LogP contribution in [0.3, 0.4) is 0 Å². The van der Waals surface area contributed by atoms with E-state index >= 15 is 0 Å². The first-order chi connectivity index (χ1) is 13.3. The molecule has 1 atom stereocenters. The third-order valence-electron chi connectivity index (χ3n) is 4.28. The first-order valence-electron chi connectivity index (χ1n) is 8.06. The molecule has 0 aliphatic heterocycles. The lowest BCUT2D eigenvalue weighted by Crippen LogP contribution is -2.19. The monoisotopic (exact) mass is 418 g/mol. The molecule has 28 heavy (non-hydrogen) atoms. The number of carboxylic acids is 1. The van der Waals surface area contributed by atoms with Crippen molar-refractivity contribution >= 4 is 40.2 Å². The van der Waals surface area contributed by atoms with Crippen molar-refractivity contribution in [2.75, 3.05) is 0 Å². The Labute approximate surface area is 167 Å². The number of fused-ring (bicyclic) bond motifs is 1. The predicted molar refractivity (Wildman–Crippen MR) is 103 cm³/mol. The Kier molecular flexibility index (Phi) is 4.40. The summed E-state index contributed by atoms with van der Waals surface area (Å²) in [4.78, 5) is 30.6. The summed E-state index contributed by atoms with van der Waals surface area (Å²) in [5.41, 5.74) is 0.982. The molecule has 0 aliphatic carbocycles. The SMILES string of the molecule is C[C@H](c1ccc(Cl)c(Cl)c1)n1ncc2nc(-n3cc(C(=O)O)cn3)[nH]c(=O)c21. The van der Waals surface area contributed by atoms with Crippen LogP contribution in [0.25, 0.3) is 17.0 Å². The third kappa shape index (κ3) is 3.04. The number of halogens is 2. The highest BCUT2D eigenvalue weighted by molar-refractivity contribution is 6.42. The zero-order valence-electron chi connectivity index (χ0n) is 14.3. The molecule has 4 aromatic rings. The maximum atomic E-state index is 12.7. The van der Waals surface area contributed by atoms with Crippen LogP contribution in [0.2, 0.25) is 10.0 Å². The molecule has 0 aliphatic rings. The van der Waals surface area contributed by atoms with Crippen LogP contribution in [0.15, 0.2) is 41.6 Å². The fourth-order valence-electron chi connectivity index (χ4n) is 2.82. The number of aromatic amines is 1. The number of carbonyl (C=O) groups is 1. The second kappa shape index (κ2) is 6.77. The van der Waals surface area contributed by atoms with Gasteiger partial charge in [0.05, 0.1) is 34.0 Å². The average molecular weight is 419 g/mol. The van der Waals surface area contributed by atoms with Crippen molar-refractivity contribution in [2.24, 2.45) is 0 Å². The summed E-state index contributed by atoms with van der Waals surface area (Å²) < 4.78 is 2.72. The Hall–Kier alpha value is -3.17. The molecule has 0 unspecified atom stereocenters. The lowest BCUT2D eigenvalue weighted by Gasteiger charge is -2.14. The summed E-state index contributed by atoms with van der Waals surface area (Å²) in [5, 5.41) is 18.0. The second-order valence-electron chi connectivity index (χ2n) is 6.04. The topological polar surface area (TPSA) is 119 Å². The maximum absolute atomic E-state index is 12.7. The fraction of sp³-hybridized carbons (Fsp3) is 0.118. The Morgan fingerprint density at radius 1 is 1.21 bits per heavy atom. The zero-order chi connectivity index (χ0) is 20.0. The first kappa shape index (κ1) is 18.2. The van der Waals surface area contributed by atoms with E-state index in [-0.39, 0.29) is 23.1 Å². The molecular formula is C17H12Cl2N6O3. The van der Waals surface area contributed by atoms with E-state index in [1.165, 1.54) is 28.0 Å². The van der Waals surface area contributed by atoms with E-state index < -0.39 is 11.5 Å². The summed E-state index contributed by atoms with van der Waals surface area (Å²) in [7, 11) is 0. The van der Waals surface area contributed by atoms with Crippen molar-refractivity contribution < 1.29 is 9.90 Å². The molecule has 0 saturated heterocycles. The maximum Gasteiger partial charge on any atom is 0.338 e. The number of rotatable bonds is 4. The van der Waals surface area contributed by atoms with Crippen LogP contribution in [0.1, 0.15) is 28.9 Å². The van der Waals surface area contributed by atoms with E-state index in [1.54, 1.807) is 18.2 Å². The number of carboxylic acid groups (broad SMARTS) is 1. The van der Waals surface area contributed by atoms with Crippen molar-refractivity contribution in [3.8, 4) is 5.95 Å². The standard InChI is InChI=1S/C17H12Cl2N6O3/c1-8(9-2-3-11(18)12(19)4-9)25-14-13(6-21-25)22-17(23-15(14)26)24-7-10(5-20-24)16(27)28/h2-8H,1H3,(H,27,28)(H,22,23,26)/t8-/m1/s1. The highest BCUT2D eigenvalue weighted by Gasteiger charge is 2.18. The smallest absolute Gasteiger partial charge is 0.338 e. The van der Waals surface area contributed by atoms with Gasteiger partial charge in [0, 0.05) is 6.20 Å². The van der Waals surface area contributed by atoms with Gasteiger partial charge in [-0.2, -0.15) is 10.2 Å². The van der Waals surface area contributed by atoms with Crippen LogP contribution in [0.5, 0.6) is 0 Å². The van der Waals surface area contributed by atoms with E-state index in [0.29, 0.717) is 15.6 Å². The normalized spacial score (nSPS) is 12.4. The van der Waals surface area contributed by atoms with Gasteiger partial charge in [0.15, 0.2) is 5.52 Å². The molecule has 2 N–H and O–H groups in total. The summed E-state index contributed by atoms with van der Waals surface area (Å²) in [6.45, 7) is 1.87. The lowest BCUT2D eigenvalue weighted by molar-refractivity contribution is 0.0697. The van der Waals surface area contributed by atoms with Gasteiger partial charge < -0.3 is 5.11 Å². The van der Waals surface area contributed by atoms with E-state index in [4.69, 9.17) is 28.3 Å². The molecule has 0 amide bonds. The molecule has 3 aromatic heterocycles. The minimum atomic E-state index is -1.13. The number of hydrogen-bond donors (Lipinski definition) is 2. The van der Waals surface area contributed by atoms with Crippen LogP contribution >= 0.6 is 23.2 Å². The van der Waals surface area contributed by atoms with Gasteiger partial charge in [-0.1, -0.05) is 29.3 Å². The van der Waals surface area contributed by atoms with E-state index in [2.05, 4.69) is 20.2 Å². The van der Waals surface area contributed by atoms with Crippen molar-refractivity contribution in [3.63, 3.8) is 0 Å². The molecule has 0 saturated carbocycles. The molecule has 9 nitrogen and oxygen atoms in total. The highest BCUT2D eigenvalue weighted by Crippen LogP contribution is 2.28. The van der Waals surface area contributed by atoms with Crippen LogP contribution in [-0.2, 0) is 0 Å². The van der Waals surface area contributed by atoms with E-state index in [9.17, 15) is 9.59 Å². The quantitative estimate of drug-likeness (QED) is 0.525. The zero-order valence-corrected chi connectivity index (χ0v) is 15.8. The van der Waals surface area contributed by atoms with E-state index in [1.807, 2.05) is 6.92 Å². The molecule has 0 fully saturated rings. The summed E-state index contributed by atoms with van der Waals surface area (Å²) in [6, 6.07) is 4.90. The Morgan fingerprint density at radius 2 is 2.00 bits per heavy atom. The van der Waals surface area contributed by atoms with Crippen LogP contribution in [-0.4, -0.2) is 40.6 Å². The van der Waals surface area contributed by atoms with Gasteiger partial charge in [-0.05, 0) is 24.6 Å². The first-order valence-corrected chi connectivity index (χ1v) is 8.81. The van der Waals surface area contributed by atoms with Crippen LogP contribution < -0.4 is 5.56 Å². The summed E-state index contributed by atoms with van der Waals surface area (Å²) in [6.07, 6.45) is 3.89. The fourth-order valence-corrected chi connectivity index (χ4v) is 3.13. The Bertz CT molecular complexity index is 1280. The van der Waals surface area contributed by atoms with Gasteiger partial charge in [0.25, 0.3) is 5.56 Å². The van der Waals surface area contributed by atoms with Gasteiger partial charge in [-0.3, -0.25) is 14.5 Å². The average Bonchev–Trinajstić information content (AvgIpc) is 3.30. The number of nitrogens with one attached hydrogen (secondary N) is 1. The minimum Gasteiger partial charge on any atom is -0.478 e. The third-order valence-corrected chi connectivity index (χ3v) is 5.02. The van der Waals surface area contributed by atoms with Crippen molar-refractivity contribution in [2.45, 2.75) is 13.0 Å². The number of aromatic carboxylic acids is 1. The lowest BCUT2D eigenvalue weighted by atomic mass is 10.1. The molecule has 11 heteroatoms. The van der Waals surface area contributed by atoms with Crippen molar-refractivity contribution in [1.29, 1.82) is 0 Å². The Morgan fingerprint density at radius 3 is 2.68 bits per heavy atom. The largest absolute Gasteiger partial charge is 0.478 e. The van der Waals surface area contributed by atoms with E-state index in [0.717, 1.165) is 5.56 Å². The second-order valence-corrected chi connectivity index (χ2v) is 6.86. The molecule has 0 bridgehead atoms. The number of H-pyrrole nitrogens is 1. The predicted octanol–water partition coefficient (Wildman–Crippen LogP) is 2.92. The van der Waals surface area contributed by atoms with Gasteiger partial charge in [-0.25, -0.2) is 14.5 Å². The number of aromatic nitrogens is 6. The molecule has 142 valence electrons. The van der Waals surface area contributed by atoms with Crippen molar-refractivity contribution in [3.05, 3.63) is 68.3 Å². The van der Waals surface area contributed by atoms with Gasteiger partial charge in [0.2, 0.25) is 5.95 Å². The number of hydrogen-bond acceptors (Lipinski definition) is 5. The highest BCUT2D eigenvalue weighted by atomic mass is 35.5. The molecular weight excluding hydrogens is 407 g/mol.